The van der Waals surface area contributed by atoms with Gasteiger partial charge >= 0.3 is 6.03 Å². The molecule has 6 heteroatoms. The molecule has 1 aliphatic heterocycles. The van der Waals surface area contributed by atoms with Crippen molar-refractivity contribution < 1.29 is 4.79 Å². The second-order valence-electron chi connectivity index (χ2n) is 6.49. The first-order chi connectivity index (χ1) is 12.0. The number of halogens is 1. The molecule has 25 heavy (non-hydrogen) atoms. The number of carbonyl (C=O) groups is 1. The molecule has 132 valence electrons. The monoisotopic (exact) mass is 358 g/mol. The molecule has 0 unspecified atom stereocenters. The predicted octanol–water partition coefficient (Wildman–Crippen LogP) is 3.70. The average molecular weight is 359 g/mol. The summed E-state index contributed by atoms with van der Waals surface area (Å²) in [6.45, 7) is 7.92. The lowest BCUT2D eigenvalue weighted by Gasteiger charge is -2.34. The zero-order chi connectivity index (χ0) is 17.8. The normalized spacial score (nSPS) is 15.2. The highest BCUT2D eigenvalue weighted by Gasteiger charge is 2.22. The molecule has 1 saturated heterocycles. The number of anilines is 1. The highest BCUT2D eigenvalue weighted by Crippen LogP contribution is 2.27. The number of piperazine rings is 1. The Kier molecular flexibility index (Phi) is 5.56. The molecule has 1 aliphatic rings. The fourth-order valence-corrected chi connectivity index (χ4v) is 3.49. The van der Waals surface area contributed by atoms with Gasteiger partial charge in [0.05, 0.1) is 10.7 Å². The van der Waals surface area contributed by atoms with E-state index in [-0.39, 0.29) is 6.03 Å². The third-order valence-corrected chi connectivity index (χ3v) is 4.75. The van der Waals surface area contributed by atoms with E-state index in [4.69, 9.17) is 11.6 Å². The van der Waals surface area contributed by atoms with Gasteiger partial charge in [0, 0.05) is 45.1 Å². The molecule has 2 amide bonds. The Morgan fingerprint density at radius 2 is 2.00 bits per heavy atom. The molecule has 1 N–H and O–H groups in total. The Morgan fingerprint density at radius 3 is 2.64 bits per heavy atom. The smallest absolute Gasteiger partial charge is 0.321 e. The molecule has 0 aliphatic carbocycles. The Morgan fingerprint density at radius 1 is 1.24 bits per heavy atom. The molecule has 1 aromatic carbocycles. The summed E-state index contributed by atoms with van der Waals surface area (Å²) >= 11 is 6.28. The summed E-state index contributed by atoms with van der Waals surface area (Å²) in [6.07, 6.45) is 3.67. The number of aromatic nitrogens is 1. The van der Waals surface area contributed by atoms with E-state index in [2.05, 4.69) is 21.3 Å². The Labute approximate surface area is 153 Å². The van der Waals surface area contributed by atoms with Crippen LogP contribution in [0, 0.1) is 13.8 Å². The van der Waals surface area contributed by atoms with E-state index in [9.17, 15) is 4.79 Å². The van der Waals surface area contributed by atoms with Crippen LogP contribution in [0.3, 0.4) is 0 Å². The molecular weight excluding hydrogens is 336 g/mol. The zero-order valence-electron chi connectivity index (χ0n) is 14.6. The van der Waals surface area contributed by atoms with Crippen molar-refractivity contribution in [1.29, 1.82) is 0 Å². The van der Waals surface area contributed by atoms with Gasteiger partial charge in [-0.05, 0) is 42.7 Å². The molecule has 0 atom stereocenters. The lowest BCUT2D eigenvalue weighted by molar-refractivity contribution is 0.143. The quantitative estimate of drug-likeness (QED) is 0.910. The van der Waals surface area contributed by atoms with Gasteiger partial charge in [-0.25, -0.2) is 4.79 Å². The van der Waals surface area contributed by atoms with E-state index in [1.165, 1.54) is 5.56 Å². The maximum absolute atomic E-state index is 12.5. The fraction of sp³-hybridized carbons (Fsp3) is 0.368. The Hall–Kier alpha value is -2.11. The van der Waals surface area contributed by atoms with Crippen LogP contribution in [-0.4, -0.2) is 47.0 Å². The van der Waals surface area contributed by atoms with E-state index < -0.39 is 0 Å². The summed E-state index contributed by atoms with van der Waals surface area (Å²) in [4.78, 5) is 20.9. The first-order valence-corrected chi connectivity index (χ1v) is 8.84. The van der Waals surface area contributed by atoms with Crippen molar-refractivity contribution in [3.63, 3.8) is 0 Å². The molecule has 3 rings (SSSR count). The number of nitrogens with one attached hydrogen (secondary N) is 1. The summed E-state index contributed by atoms with van der Waals surface area (Å²) < 4.78 is 0. The Balaban J connectivity index is 1.55. The molecule has 2 aromatic rings. The van der Waals surface area contributed by atoms with E-state index in [1.54, 1.807) is 6.20 Å². The van der Waals surface area contributed by atoms with Crippen LogP contribution >= 0.6 is 11.6 Å². The number of amides is 2. The molecular formula is C19H23ClN4O. The summed E-state index contributed by atoms with van der Waals surface area (Å²) in [5.74, 6) is 0. The number of hydrogen-bond donors (Lipinski definition) is 1. The lowest BCUT2D eigenvalue weighted by atomic mass is 10.1. The van der Waals surface area contributed by atoms with Gasteiger partial charge in [-0.1, -0.05) is 23.7 Å². The number of hydrogen-bond acceptors (Lipinski definition) is 3. The number of urea groups is 1. The van der Waals surface area contributed by atoms with Crippen LogP contribution in [0.5, 0.6) is 0 Å². The molecule has 5 nitrogen and oxygen atoms in total. The van der Waals surface area contributed by atoms with Crippen LogP contribution in [0.15, 0.2) is 36.7 Å². The minimum atomic E-state index is -0.0881. The van der Waals surface area contributed by atoms with Crippen molar-refractivity contribution in [3.05, 3.63) is 58.4 Å². The topological polar surface area (TPSA) is 48.5 Å². The summed E-state index contributed by atoms with van der Waals surface area (Å²) in [7, 11) is 0. The third-order valence-electron chi connectivity index (χ3n) is 4.45. The van der Waals surface area contributed by atoms with Crippen molar-refractivity contribution in [1.82, 2.24) is 14.8 Å². The first-order valence-electron chi connectivity index (χ1n) is 8.47. The number of pyridine rings is 1. The Bertz CT molecular complexity index is 719. The highest BCUT2D eigenvalue weighted by atomic mass is 35.5. The first kappa shape index (κ1) is 17.7. The van der Waals surface area contributed by atoms with Gasteiger partial charge in [0.25, 0.3) is 0 Å². The summed E-state index contributed by atoms with van der Waals surface area (Å²) in [6, 6.07) is 7.83. The van der Waals surface area contributed by atoms with Crippen LogP contribution in [0.1, 0.15) is 16.7 Å². The van der Waals surface area contributed by atoms with Crippen molar-refractivity contribution in [2.45, 2.75) is 20.4 Å². The number of carbonyl (C=O) groups excluding carboxylic acids is 1. The molecule has 0 radical (unpaired) electrons. The summed E-state index contributed by atoms with van der Waals surface area (Å²) in [5.41, 5.74) is 3.97. The van der Waals surface area contributed by atoms with Gasteiger partial charge in [0.1, 0.15) is 0 Å². The van der Waals surface area contributed by atoms with Gasteiger partial charge in [0.15, 0.2) is 0 Å². The van der Waals surface area contributed by atoms with Crippen LogP contribution in [-0.2, 0) is 6.54 Å². The minimum absolute atomic E-state index is 0.0881. The van der Waals surface area contributed by atoms with E-state index in [0.29, 0.717) is 23.8 Å². The highest BCUT2D eigenvalue weighted by molar-refractivity contribution is 6.34. The van der Waals surface area contributed by atoms with Crippen molar-refractivity contribution in [2.24, 2.45) is 0 Å². The molecule has 0 spiro atoms. The number of nitrogens with zero attached hydrogens (tertiary/aromatic N) is 3. The van der Waals surface area contributed by atoms with Crippen LogP contribution < -0.4 is 5.32 Å². The minimum Gasteiger partial charge on any atom is -0.322 e. The molecule has 1 aromatic heterocycles. The SMILES string of the molecule is Cc1cc(C)c(NC(=O)N2CCN(Cc3cccnc3)CC2)c(Cl)c1. The third kappa shape index (κ3) is 4.50. The lowest BCUT2D eigenvalue weighted by Crippen LogP contribution is -2.49. The number of aryl methyl sites for hydroxylation is 2. The largest absolute Gasteiger partial charge is 0.322 e. The maximum Gasteiger partial charge on any atom is 0.321 e. The molecule has 2 heterocycles. The van der Waals surface area contributed by atoms with Crippen molar-refractivity contribution in [2.75, 3.05) is 31.5 Å². The van der Waals surface area contributed by atoms with E-state index >= 15 is 0 Å². The van der Waals surface area contributed by atoms with Gasteiger partial charge < -0.3 is 10.2 Å². The second-order valence-corrected chi connectivity index (χ2v) is 6.90. The standard InChI is InChI=1S/C19H23ClN4O/c1-14-10-15(2)18(17(20)11-14)22-19(25)24-8-6-23(7-9-24)13-16-4-3-5-21-12-16/h3-5,10-12H,6-9,13H2,1-2H3,(H,22,25). The molecule has 0 saturated carbocycles. The van der Waals surface area contributed by atoms with Crippen LogP contribution in [0.4, 0.5) is 10.5 Å². The van der Waals surface area contributed by atoms with E-state index in [0.717, 1.165) is 30.8 Å². The van der Waals surface area contributed by atoms with Gasteiger partial charge in [-0.15, -0.1) is 0 Å². The van der Waals surface area contributed by atoms with Gasteiger partial charge in [-0.2, -0.15) is 0 Å². The molecule has 1 fully saturated rings. The average Bonchev–Trinajstić information content (AvgIpc) is 2.59. The zero-order valence-corrected chi connectivity index (χ0v) is 15.4. The van der Waals surface area contributed by atoms with Crippen LogP contribution in [0.2, 0.25) is 5.02 Å². The van der Waals surface area contributed by atoms with Crippen molar-refractivity contribution >= 4 is 23.3 Å². The molecule has 0 bridgehead atoms. The fourth-order valence-electron chi connectivity index (χ4n) is 3.12. The second kappa shape index (κ2) is 7.85. The summed E-state index contributed by atoms with van der Waals surface area (Å²) in [5, 5.41) is 3.55. The van der Waals surface area contributed by atoms with Crippen molar-refractivity contribution in [3.8, 4) is 0 Å². The number of rotatable bonds is 3. The van der Waals surface area contributed by atoms with Gasteiger partial charge in [-0.3, -0.25) is 9.88 Å². The van der Waals surface area contributed by atoms with E-state index in [1.807, 2.05) is 43.1 Å². The maximum atomic E-state index is 12.5. The number of benzene rings is 1. The van der Waals surface area contributed by atoms with Crippen LogP contribution in [0.25, 0.3) is 0 Å². The predicted molar refractivity (Wildman–Crippen MR) is 101 cm³/mol. The van der Waals surface area contributed by atoms with Gasteiger partial charge in [0.2, 0.25) is 0 Å².